The molecule has 0 aromatic heterocycles. The zero-order valence-corrected chi connectivity index (χ0v) is 21.8. The molecule has 36 heavy (non-hydrogen) atoms. The van der Waals surface area contributed by atoms with Crippen LogP contribution in [-0.2, 0) is 9.59 Å². The molecule has 1 saturated heterocycles. The van der Waals surface area contributed by atoms with Crippen molar-refractivity contribution in [1.29, 1.82) is 0 Å². The van der Waals surface area contributed by atoms with Crippen LogP contribution in [0.5, 0.6) is 0 Å². The van der Waals surface area contributed by atoms with Crippen LogP contribution in [0.15, 0.2) is 78.9 Å². The fourth-order valence-corrected chi connectivity index (χ4v) is 5.36. The number of carbonyl (C=O) groups is 2. The summed E-state index contributed by atoms with van der Waals surface area (Å²) >= 11 is 8.14. The number of nitrogens with zero attached hydrogens (tertiary/aromatic N) is 2. The predicted molar refractivity (Wildman–Crippen MR) is 147 cm³/mol. The van der Waals surface area contributed by atoms with Gasteiger partial charge in [0.2, 0.25) is 0 Å². The summed E-state index contributed by atoms with van der Waals surface area (Å²) in [5, 5.41) is 15.9. The van der Waals surface area contributed by atoms with Crippen molar-refractivity contribution in [2.75, 3.05) is 43.4 Å². The molecule has 1 atom stereocenters. The Hall–Kier alpha value is -3.00. The van der Waals surface area contributed by atoms with Crippen molar-refractivity contribution in [3.05, 3.63) is 101 Å². The van der Waals surface area contributed by atoms with Crippen LogP contribution >= 0.6 is 23.4 Å². The second-order valence-electron chi connectivity index (χ2n) is 8.49. The Morgan fingerprint density at radius 2 is 1.39 bits per heavy atom. The number of aryl methyl sites for hydroxylation is 1. The maximum absolute atomic E-state index is 9.10. The van der Waals surface area contributed by atoms with E-state index in [2.05, 4.69) is 83.5 Å². The van der Waals surface area contributed by atoms with Crippen LogP contribution in [0, 0.1) is 6.92 Å². The minimum Gasteiger partial charge on any atom is -0.473 e. The Morgan fingerprint density at radius 1 is 0.833 bits per heavy atom. The minimum absolute atomic E-state index is 0.345. The molecule has 0 radical (unpaired) electrons. The Balaban J connectivity index is 0.000000538. The summed E-state index contributed by atoms with van der Waals surface area (Å²) in [4.78, 5) is 23.3. The lowest BCUT2D eigenvalue weighted by molar-refractivity contribution is -0.159. The number of halogens is 1. The Morgan fingerprint density at radius 3 is 1.94 bits per heavy atom. The molecule has 0 bridgehead atoms. The molecule has 3 aromatic rings. The zero-order chi connectivity index (χ0) is 25.9. The van der Waals surface area contributed by atoms with Gasteiger partial charge in [0, 0.05) is 49.2 Å². The summed E-state index contributed by atoms with van der Waals surface area (Å²) in [6.07, 6.45) is 0. The number of rotatable bonds is 7. The van der Waals surface area contributed by atoms with Gasteiger partial charge in [-0.3, -0.25) is 4.90 Å². The largest absolute Gasteiger partial charge is 0.473 e. The minimum atomic E-state index is -1.82. The van der Waals surface area contributed by atoms with E-state index in [1.807, 2.05) is 23.9 Å². The molecule has 4 rings (SSSR count). The number of hydrogen-bond donors (Lipinski definition) is 2. The highest BCUT2D eigenvalue weighted by molar-refractivity contribution is 7.99. The molecule has 2 N–H and O–H groups in total. The molecule has 3 aromatic carbocycles. The van der Waals surface area contributed by atoms with Gasteiger partial charge in [-0.2, -0.15) is 0 Å². The molecule has 1 fully saturated rings. The highest BCUT2D eigenvalue weighted by Gasteiger charge is 2.19. The first kappa shape index (κ1) is 27.6. The van der Waals surface area contributed by atoms with Crippen molar-refractivity contribution in [2.45, 2.75) is 12.2 Å². The molecule has 8 heteroatoms. The van der Waals surface area contributed by atoms with E-state index in [0.717, 1.165) is 43.5 Å². The molecule has 1 unspecified atom stereocenters. The molecular formula is C28H31ClN2O4S. The van der Waals surface area contributed by atoms with Gasteiger partial charge in [-0.1, -0.05) is 71.8 Å². The summed E-state index contributed by atoms with van der Waals surface area (Å²) in [7, 11) is 0. The van der Waals surface area contributed by atoms with Crippen LogP contribution < -0.4 is 4.90 Å². The molecule has 190 valence electrons. The van der Waals surface area contributed by atoms with Gasteiger partial charge < -0.3 is 15.1 Å². The first-order chi connectivity index (χ1) is 17.3. The van der Waals surface area contributed by atoms with Crippen molar-refractivity contribution in [3.8, 4) is 0 Å². The van der Waals surface area contributed by atoms with E-state index in [0.29, 0.717) is 5.25 Å². The van der Waals surface area contributed by atoms with Gasteiger partial charge in [-0.15, -0.1) is 11.8 Å². The third-order valence-corrected chi connectivity index (χ3v) is 7.47. The number of carboxylic acids is 2. The fourth-order valence-electron chi connectivity index (χ4n) is 3.94. The summed E-state index contributed by atoms with van der Waals surface area (Å²) in [5.74, 6) is -2.53. The number of carboxylic acid groups (broad SMARTS) is 2. The smallest absolute Gasteiger partial charge is 0.414 e. The average Bonchev–Trinajstić information content (AvgIpc) is 2.89. The Bertz CT molecular complexity index is 1090. The molecule has 1 aliphatic heterocycles. The summed E-state index contributed by atoms with van der Waals surface area (Å²) < 4.78 is 0. The van der Waals surface area contributed by atoms with Gasteiger partial charge in [0.1, 0.15) is 0 Å². The van der Waals surface area contributed by atoms with E-state index in [1.54, 1.807) is 0 Å². The number of aliphatic carboxylic acids is 2. The van der Waals surface area contributed by atoms with Gasteiger partial charge in [0.05, 0.1) is 5.25 Å². The van der Waals surface area contributed by atoms with Crippen molar-refractivity contribution < 1.29 is 19.8 Å². The van der Waals surface area contributed by atoms with Crippen molar-refractivity contribution >= 4 is 41.0 Å². The van der Waals surface area contributed by atoms with Crippen LogP contribution in [0.3, 0.4) is 0 Å². The number of anilines is 1. The van der Waals surface area contributed by atoms with E-state index in [4.69, 9.17) is 31.4 Å². The molecular weight excluding hydrogens is 496 g/mol. The van der Waals surface area contributed by atoms with E-state index >= 15 is 0 Å². The van der Waals surface area contributed by atoms with E-state index in [-0.39, 0.29) is 0 Å². The Kier molecular flexibility index (Phi) is 10.7. The normalized spacial score (nSPS) is 14.4. The van der Waals surface area contributed by atoms with Crippen LogP contribution in [-0.4, -0.2) is 65.5 Å². The summed E-state index contributed by atoms with van der Waals surface area (Å²) in [6, 6.07) is 28.0. The van der Waals surface area contributed by atoms with E-state index < -0.39 is 11.9 Å². The first-order valence-electron chi connectivity index (χ1n) is 11.8. The lowest BCUT2D eigenvalue weighted by atomic mass is 10.0. The highest BCUT2D eigenvalue weighted by atomic mass is 35.5. The topological polar surface area (TPSA) is 81.1 Å². The summed E-state index contributed by atoms with van der Waals surface area (Å²) in [5.41, 5.74) is 5.35. The molecule has 6 nitrogen and oxygen atoms in total. The quantitative estimate of drug-likeness (QED) is 0.396. The lowest BCUT2D eigenvalue weighted by Crippen LogP contribution is -2.47. The third-order valence-electron chi connectivity index (χ3n) is 5.92. The van der Waals surface area contributed by atoms with Gasteiger partial charge in [-0.05, 0) is 42.3 Å². The molecule has 0 amide bonds. The van der Waals surface area contributed by atoms with Gasteiger partial charge in [-0.25, -0.2) is 9.59 Å². The number of piperazine rings is 1. The molecule has 1 aliphatic rings. The average molecular weight is 527 g/mol. The SMILES string of the molecule is Cc1ccc(N2CCN(CCSC(c3ccccc3)c3ccc(Cl)cc3)CC2)cc1.O=C(O)C(=O)O. The van der Waals surface area contributed by atoms with Gasteiger partial charge in [0.15, 0.2) is 0 Å². The number of thioether (sulfide) groups is 1. The highest BCUT2D eigenvalue weighted by Crippen LogP contribution is 2.36. The Labute approximate surface area is 221 Å². The number of hydrogen-bond acceptors (Lipinski definition) is 5. The van der Waals surface area contributed by atoms with Gasteiger partial charge >= 0.3 is 11.9 Å². The fraction of sp³-hybridized carbons (Fsp3) is 0.286. The van der Waals surface area contributed by atoms with Gasteiger partial charge in [0.25, 0.3) is 0 Å². The van der Waals surface area contributed by atoms with Crippen LogP contribution in [0.25, 0.3) is 0 Å². The van der Waals surface area contributed by atoms with Crippen molar-refractivity contribution in [3.63, 3.8) is 0 Å². The summed E-state index contributed by atoms with van der Waals surface area (Å²) in [6.45, 7) is 7.74. The van der Waals surface area contributed by atoms with Crippen molar-refractivity contribution in [2.24, 2.45) is 0 Å². The van der Waals surface area contributed by atoms with Crippen LogP contribution in [0.2, 0.25) is 5.02 Å². The second kappa shape index (κ2) is 13.9. The second-order valence-corrected chi connectivity index (χ2v) is 10.1. The van der Waals surface area contributed by atoms with E-state index in [1.165, 1.54) is 22.4 Å². The molecule has 0 saturated carbocycles. The number of benzene rings is 3. The molecule has 0 aliphatic carbocycles. The zero-order valence-electron chi connectivity index (χ0n) is 20.2. The predicted octanol–water partition coefficient (Wildman–Crippen LogP) is 5.45. The first-order valence-corrected chi connectivity index (χ1v) is 13.2. The van der Waals surface area contributed by atoms with Crippen LogP contribution in [0.4, 0.5) is 5.69 Å². The molecule has 0 spiro atoms. The van der Waals surface area contributed by atoms with Crippen LogP contribution in [0.1, 0.15) is 21.9 Å². The lowest BCUT2D eigenvalue weighted by Gasteiger charge is -2.36. The van der Waals surface area contributed by atoms with Crippen molar-refractivity contribution in [1.82, 2.24) is 4.90 Å². The standard InChI is InChI=1S/C26H29ClN2S.C2H2O4/c1-21-7-13-25(14-8-21)29-17-15-28(16-18-29)19-20-30-26(22-5-3-2-4-6-22)23-9-11-24(27)12-10-23;3-1(4)2(5)6/h2-14,26H,15-20H2,1H3;(H,3,4)(H,5,6). The van der Waals surface area contributed by atoms with E-state index in [9.17, 15) is 0 Å². The maximum Gasteiger partial charge on any atom is 0.414 e. The third kappa shape index (κ3) is 8.59. The molecule has 1 heterocycles. The monoisotopic (exact) mass is 526 g/mol. The maximum atomic E-state index is 9.10.